The lowest BCUT2D eigenvalue weighted by Gasteiger charge is -2.20. The SMILES string of the molecule is CC(=O)Nc1nc(-c2ccc(Cl)c(C)c2)c(CN2CCC[C@H]2C)s1. The Morgan fingerprint density at radius 2 is 2.29 bits per heavy atom. The zero-order chi connectivity index (χ0) is 17.3. The number of amides is 1. The molecule has 3 rings (SSSR count). The maximum atomic E-state index is 11.4. The van der Waals surface area contributed by atoms with Crippen molar-refractivity contribution in [2.24, 2.45) is 0 Å². The van der Waals surface area contributed by atoms with Crippen LogP contribution in [0, 0.1) is 6.92 Å². The van der Waals surface area contributed by atoms with E-state index >= 15 is 0 Å². The molecule has 24 heavy (non-hydrogen) atoms. The number of nitrogens with one attached hydrogen (secondary N) is 1. The molecule has 4 nitrogen and oxygen atoms in total. The number of hydrogen-bond donors (Lipinski definition) is 1. The van der Waals surface area contributed by atoms with Crippen molar-refractivity contribution in [3.05, 3.63) is 33.7 Å². The topological polar surface area (TPSA) is 45.2 Å². The minimum Gasteiger partial charge on any atom is -0.302 e. The van der Waals surface area contributed by atoms with Crippen molar-refractivity contribution >= 4 is 34.0 Å². The summed E-state index contributed by atoms with van der Waals surface area (Å²) in [6, 6.07) is 6.56. The summed E-state index contributed by atoms with van der Waals surface area (Å²) in [4.78, 5) is 19.7. The van der Waals surface area contributed by atoms with Crippen LogP contribution in [0.1, 0.15) is 37.1 Å². The van der Waals surface area contributed by atoms with Crippen LogP contribution in [0.4, 0.5) is 5.13 Å². The molecule has 0 aliphatic carbocycles. The average molecular weight is 364 g/mol. The van der Waals surface area contributed by atoms with E-state index in [0.29, 0.717) is 11.2 Å². The molecule has 2 aromatic rings. The lowest BCUT2D eigenvalue weighted by Crippen LogP contribution is -2.25. The number of benzene rings is 1. The molecule has 0 saturated carbocycles. The number of anilines is 1. The first-order valence-corrected chi connectivity index (χ1v) is 9.41. The van der Waals surface area contributed by atoms with Gasteiger partial charge in [0.25, 0.3) is 0 Å². The summed E-state index contributed by atoms with van der Waals surface area (Å²) in [5.74, 6) is -0.0938. The Morgan fingerprint density at radius 3 is 2.92 bits per heavy atom. The first kappa shape index (κ1) is 17.4. The number of likely N-dealkylation sites (tertiary alicyclic amines) is 1. The molecule has 0 spiro atoms. The Morgan fingerprint density at radius 1 is 1.50 bits per heavy atom. The van der Waals surface area contributed by atoms with Crippen LogP contribution in [0.15, 0.2) is 18.2 Å². The average Bonchev–Trinajstić information content (AvgIpc) is 3.09. The molecule has 1 saturated heterocycles. The van der Waals surface area contributed by atoms with E-state index in [4.69, 9.17) is 11.6 Å². The highest BCUT2D eigenvalue weighted by molar-refractivity contribution is 7.16. The number of aryl methyl sites for hydroxylation is 1. The van der Waals surface area contributed by atoms with Gasteiger partial charge >= 0.3 is 0 Å². The van der Waals surface area contributed by atoms with Crippen molar-refractivity contribution < 1.29 is 4.79 Å². The molecule has 1 aromatic carbocycles. The zero-order valence-corrected chi connectivity index (χ0v) is 15.8. The Balaban J connectivity index is 1.96. The normalized spacial score (nSPS) is 18.1. The summed E-state index contributed by atoms with van der Waals surface area (Å²) in [5.41, 5.74) is 3.03. The van der Waals surface area contributed by atoms with E-state index in [0.717, 1.165) is 34.9 Å². The minimum absolute atomic E-state index is 0.0938. The molecule has 2 heterocycles. The van der Waals surface area contributed by atoms with E-state index in [2.05, 4.69) is 28.2 Å². The van der Waals surface area contributed by atoms with Gasteiger partial charge in [-0.15, -0.1) is 0 Å². The number of thiazole rings is 1. The van der Waals surface area contributed by atoms with Gasteiger partial charge in [0.05, 0.1) is 5.69 Å². The smallest absolute Gasteiger partial charge is 0.223 e. The minimum atomic E-state index is -0.0938. The van der Waals surface area contributed by atoms with Crippen molar-refractivity contribution in [3.8, 4) is 11.3 Å². The van der Waals surface area contributed by atoms with Gasteiger partial charge in [-0.05, 0) is 50.9 Å². The van der Waals surface area contributed by atoms with Crippen molar-refractivity contribution in [3.63, 3.8) is 0 Å². The first-order chi connectivity index (χ1) is 11.4. The van der Waals surface area contributed by atoms with E-state index in [1.54, 1.807) is 11.3 Å². The fraction of sp³-hybridized carbons (Fsp3) is 0.444. The van der Waals surface area contributed by atoms with E-state index in [-0.39, 0.29) is 5.91 Å². The molecule has 1 aliphatic heterocycles. The van der Waals surface area contributed by atoms with Crippen LogP contribution in [-0.2, 0) is 11.3 Å². The monoisotopic (exact) mass is 363 g/mol. The largest absolute Gasteiger partial charge is 0.302 e. The number of hydrogen-bond acceptors (Lipinski definition) is 4. The van der Waals surface area contributed by atoms with Crippen LogP contribution >= 0.6 is 22.9 Å². The number of carbonyl (C=O) groups is 1. The summed E-state index contributed by atoms with van der Waals surface area (Å²) in [6.45, 7) is 7.77. The molecule has 1 N–H and O–H groups in total. The van der Waals surface area contributed by atoms with Gasteiger partial charge in [0.15, 0.2) is 5.13 Å². The maximum absolute atomic E-state index is 11.4. The molecule has 0 unspecified atom stereocenters. The van der Waals surface area contributed by atoms with E-state index in [1.807, 2.05) is 19.1 Å². The lowest BCUT2D eigenvalue weighted by atomic mass is 10.1. The van der Waals surface area contributed by atoms with Gasteiger partial charge in [0.1, 0.15) is 0 Å². The third-order valence-electron chi connectivity index (χ3n) is 4.45. The Kier molecular flexibility index (Phi) is 5.23. The Hall–Kier alpha value is -1.43. The molecule has 0 radical (unpaired) electrons. The fourth-order valence-electron chi connectivity index (χ4n) is 3.09. The summed E-state index contributed by atoms with van der Waals surface area (Å²) < 4.78 is 0. The maximum Gasteiger partial charge on any atom is 0.223 e. The lowest BCUT2D eigenvalue weighted by molar-refractivity contribution is -0.114. The van der Waals surface area contributed by atoms with Crippen molar-refractivity contribution in [2.45, 2.75) is 46.2 Å². The number of aromatic nitrogens is 1. The van der Waals surface area contributed by atoms with Crippen LogP contribution in [0.2, 0.25) is 5.02 Å². The third kappa shape index (κ3) is 3.79. The molecule has 0 bridgehead atoms. The second-order valence-corrected chi connectivity index (χ2v) is 7.89. The van der Waals surface area contributed by atoms with Crippen LogP contribution in [0.25, 0.3) is 11.3 Å². The highest BCUT2D eigenvalue weighted by Gasteiger charge is 2.23. The Bertz CT molecular complexity index is 759. The van der Waals surface area contributed by atoms with E-state index < -0.39 is 0 Å². The van der Waals surface area contributed by atoms with Crippen molar-refractivity contribution in [2.75, 3.05) is 11.9 Å². The summed E-state index contributed by atoms with van der Waals surface area (Å²) in [6.07, 6.45) is 2.49. The van der Waals surface area contributed by atoms with Gasteiger partial charge in [-0.3, -0.25) is 9.69 Å². The van der Waals surface area contributed by atoms with Crippen LogP contribution in [0.3, 0.4) is 0 Å². The molecular formula is C18H22ClN3OS. The highest BCUT2D eigenvalue weighted by Crippen LogP contribution is 2.35. The molecular weight excluding hydrogens is 342 g/mol. The number of nitrogens with zero attached hydrogens (tertiary/aromatic N) is 2. The zero-order valence-electron chi connectivity index (χ0n) is 14.2. The van der Waals surface area contributed by atoms with E-state index in [9.17, 15) is 4.79 Å². The van der Waals surface area contributed by atoms with Crippen LogP contribution in [0.5, 0.6) is 0 Å². The van der Waals surface area contributed by atoms with Gasteiger partial charge < -0.3 is 5.32 Å². The van der Waals surface area contributed by atoms with Gasteiger partial charge in [-0.25, -0.2) is 4.98 Å². The number of carbonyl (C=O) groups excluding carboxylic acids is 1. The number of rotatable bonds is 4. The second-order valence-electron chi connectivity index (χ2n) is 6.40. The van der Waals surface area contributed by atoms with Gasteiger partial charge in [0, 0.05) is 35.0 Å². The van der Waals surface area contributed by atoms with Gasteiger partial charge in [-0.1, -0.05) is 29.0 Å². The highest BCUT2D eigenvalue weighted by atomic mass is 35.5. The third-order valence-corrected chi connectivity index (χ3v) is 5.83. The quantitative estimate of drug-likeness (QED) is 0.855. The standard InChI is InChI=1S/C18H22ClN3OS/c1-11-9-14(6-7-15(11)19)17-16(10-22-8-4-5-12(22)2)24-18(21-17)20-13(3)23/h6-7,9,12H,4-5,8,10H2,1-3H3,(H,20,21,23)/t12-/m1/s1. The van der Waals surface area contributed by atoms with E-state index in [1.165, 1.54) is 24.6 Å². The van der Waals surface area contributed by atoms with Crippen molar-refractivity contribution in [1.82, 2.24) is 9.88 Å². The Labute approximate surface area is 151 Å². The van der Waals surface area contributed by atoms with Crippen molar-refractivity contribution in [1.29, 1.82) is 0 Å². The number of halogens is 1. The molecule has 128 valence electrons. The summed E-state index contributed by atoms with van der Waals surface area (Å²) in [5, 5.41) is 4.24. The predicted octanol–water partition coefficient (Wildman–Crippen LogP) is 4.71. The fourth-order valence-corrected chi connectivity index (χ4v) is 4.27. The van der Waals surface area contributed by atoms with Crippen LogP contribution in [-0.4, -0.2) is 28.4 Å². The molecule has 1 amide bonds. The predicted molar refractivity (Wildman–Crippen MR) is 101 cm³/mol. The van der Waals surface area contributed by atoms with Crippen LogP contribution < -0.4 is 5.32 Å². The second kappa shape index (κ2) is 7.21. The molecule has 1 aliphatic rings. The van der Waals surface area contributed by atoms with Gasteiger partial charge in [0.2, 0.25) is 5.91 Å². The summed E-state index contributed by atoms with van der Waals surface area (Å²) >= 11 is 7.72. The molecule has 1 aromatic heterocycles. The molecule has 1 atom stereocenters. The summed E-state index contributed by atoms with van der Waals surface area (Å²) in [7, 11) is 0. The van der Waals surface area contributed by atoms with Gasteiger partial charge in [-0.2, -0.15) is 0 Å². The molecule has 6 heteroatoms. The molecule has 1 fully saturated rings. The first-order valence-electron chi connectivity index (χ1n) is 8.22.